The van der Waals surface area contributed by atoms with Gasteiger partial charge in [-0.15, -0.1) is 20.4 Å². The van der Waals surface area contributed by atoms with Crippen molar-refractivity contribution in [1.29, 1.82) is 0 Å². The van der Waals surface area contributed by atoms with Gasteiger partial charge in [-0.25, -0.2) is 9.97 Å². The van der Waals surface area contributed by atoms with Crippen molar-refractivity contribution in [2.24, 2.45) is 0 Å². The highest BCUT2D eigenvalue weighted by Gasteiger charge is 2.13. The standard InChI is InChI=1S/C23H16N8O4S4/c1-13-10-18(36-11-19-26-28-21(38-19)14-2-6-16(7-3-14)30(32)33)25-23(24-13)37-12-20-27-29-22(39-20)15-4-8-17(9-5-15)31(34)35/h2-10H,11-12H2,1H3. The molecule has 0 radical (unpaired) electrons. The largest absolute Gasteiger partial charge is 0.269 e. The zero-order chi connectivity index (χ0) is 27.4. The second kappa shape index (κ2) is 11.9. The fourth-order valence-corrected chi connectivity index (χ4v) is 6.80. The average Bonchev–Trinajstić information content (AvgIpc) is 3.61. The predicted molar refractivity (Wildman–Crippen MR) is 150 cm³/mol. The van der Waals surface area contributed by atoms with Crippen LogP contribution in [-0.4, -0.2) is 40.2 Å². The van der Waals surface area contributed by atoms with Crippen LogP contribution in [0.15, 0.2) is 64.8 Å². The minimum atomic E-state index is -0.437. The van der Waals surface area contributed by atoms with E-state index in [-0.39, 0.29) is 11.4 Å². The summed E-state index contributed by atoms with van der Waals surface area (Å²) in [6.45, 7) is 1.91. The Morgan fingerprint density at radius 3 is 1.69 bits per heavy atom. The Hall–Kier alpha value is -3.86. The maximum absolute atomic E-state index is 10.9. The highest BCUT2D eigenvalue weighted by atomic mass is 32.2. The summed E-state index contributed by atoms with van der Waals surface area (Å²) in [6, 6.07) is 14.4. The molecule has 2 aromatic carbocycles. The first-order valence-electron chi connectivity index (χ1n) is 11.1. The lowest BCUT2D eigenvalue weighted by atomic mass is 10.2. The fourth-order valence-electron chi connectivity index (χ4n) is 3.22. The van der Waals surface area contributed by atoms with E-state index in [1.54, 1.807) is 24.3 Å². The van der Waals surface area contributed by atoms with Gasteiger partial charge < -0.3 is 0 Å². The Morgan fingerprint density at radius 1 is 0.718 bits per heavy atom. The monoisotopic (exact) mass is 596 g/mol. The van der Waals surface area contributed by atoms with E-state index in [4.69, 9.17) is 0 Å². The normalized spacial score (nSPS) is 11.0. The van der Waals surface area contributed by atoms with Crippen LogP contribution in [0.2, 0.25) is 0 Å². The summed E-state index contributed by atoms with van der Waals surface area (Å²) in [4.78, 5) is 30.0. The number of nitrogens with zero attached hydrogens (tertiary/aromatic N) is 8. The van der Waals surface area contributed by atoms with Crippen molar-refractivity contribution in [3.63, 3.8) is 0 Å². The Bertz CT molecular complexity index is 1520. The molecule has 12 nitrogen and oxygen atoms in total. The molecule has 0 bridgehead atoms. The van der Waals surface area contributed by atoms with Gasteiger partial charge in [0, 0.05) is 41.1 Å². The molecule has 0 fully saturated rings. The first-order chi connectivity index (χ1) is 18.8. The maximum atomic E-state index is 10.9. The van der Waals surface area contributed by atoms with Gasteiger partial charge in [0.15, 0.2) is 5.16 Å². The summed E-state index contributed by atoms with van der Waals surface area (Å²) >= 11 is 5.82. The highest BCUT2D eigenvalue weighted by Crippen LogP contribution is 2.32. The molecular formula is C23H16N8O4S4. The molecule has 0 amide bonds. The number of thioether (sulfide) groups is 2. The van der Waals surface area contributed by atoms with E-state index < -0.39 is 9.85 Å². The number of hydrogen-bond donors (Lipinski definition) is 0. The van der Waals surface area contributed by atoms with Crippen molar-refractivity contribution in [2.45, 2.75) is 28.6 Å². The lowest BCUT2D eigenvalue weighted by Gasteiger charge is -2.04. The summed E-state index contributed by atoms with van der Waals surface area (Å²) in [5, 5.41) is 43.0. The number of hydrogen-bond acceptors (Lipinski definition) is 14. The first-order valence-corrected chi connectivity index (χ1v) is 14.7. The first kappa shape index (κ1) is 26.7. The van der Waals surface area contributed by atoms with Crippen LogP contribution in [0.5, 0.6) is 0 Å². The van der Waals surface area contributed by atoms with E-state index in [0.717, 1.165) is 31.9 Å². The molecule has 0 N–H and O–H groups in total. The molecule has 0 saturated carbocycles. The molecule has 0 saturated heterocycles. The van der Waals surface area contributed by atoms with Gasteiger partial charge >= 0.3 is 0 Å². The number of non-ortho nitro benzene ring substituents is 2. The van der Waals surface area contributed by atoms with Crippen LogP contribution in [0.1, 0.15) is 15.7 Å². The zero-order valence-corrected chi connectivity index (χ0v) is 23.2. The van der Waals surface area contributed by atoms with Gasteiger partial charge in [-0.2, -0.15) is 0 Å². The molecule has 0 atom stereocenters. The number of rotatable bonds is 10. The third-order valence-electron chi connectivity index (χ3n) is 5.06. The van der Waals surface area contributed by atoms with Gasteiger partial charge in [0.1, 0.15) is 25.1 Å². The van der Waals surface area contributed by atoms with Gasteiger partial charge in [-0.3, -0.25) is 20.2 Å². The van der Waals surface area contributed by atoms with E-state index in [0.29, 0.717) is 26.7 Å². The van der Waals surface area contributed by atoms with Crippen LogP contribution in [0, 0.1) is 27.2 Å². The summed E-state index contributed by atoms with van der Waals surface area (Å²) in [7, 11) is 0. The molecule has 3 heterocycles. The molecule has 196 valence electrons. The Labute approximate surface area is 237 Å². The third kappa shape index (κ3) is 6.78. The molecule has 0 aliphatic heterocycles. The van der Waals surface area contributed by atoms with E-state index in [1.807, 2.05) is 13.0 Å². The van der Waals surface area contributed by atoms with Crippen molar-refractivity contribution in [3.05, 3.63) is 90.5 Å². The summed E-state index contributed by atoms with van der Waals surface area (Å²) in [5.74, 6) is 1.10. The molecule has 0 unspecified atom stereocenters. The third-order valence-corrected chi connectivity index (χ3v) is 9.15. The van der Waals surface area contributed by atoms with Crippen molar-refractivity contribution < 1.29 is 9.85 Å². The second-order valence-corrected chi connectivity index (χ2v) is 11.9. The van der Waals surface area contributed by atoms with Gasteiger partial charge in [-0.05, 0) is 37.3 Å². The number of nitro groups is 2. The second-order valence-electron chi connectivity index (χ2n) is 7.82. The highest BCUT2D eigenvalue weighted by molar-refractivity contribution is 7.99. The van der Waals surface area contributed by atoms with Gasteiger partial charge in [0.2, 0.25) is 0 Å². The fraction of sp³-hybridized carbons (Fsp3) is 0.130. The van der Waals surface area contributed by atoms with Gasteiger partial charge in [0.05, 0.1) is 21.4 Å². The summed E-state index contributed by atoms with van der Waals surface area (Å²) < 4.78 is 0. The topological polar surface area (TPSA) is 164 Å². The minimum absolute atomic E-state index is 0.0281. The van der Waals surface area contributed by atoms with E-state index in [1.165, 1.54) is 70.5 Å². The molecule has 39 heavy (non-hydrogen) atoms. The molecule has 5 rings (SSSR count). The minimum Gasteiger partial charge on any atom is -0.258 e. The maximum Gasteiger partial charge on any atom is 0.269 e. The molecule has 5 aromatic rings. The molecule has 0 aliphatic rings. The van der Waals surface area contributed by atoms with Crippen LogP contribution >= 0.6 is 46.2 Å². The van der Waals surface area contributed by atoms with Gasteiger partial charge in [-0.1, -0.05) is 46.2 Å². The van der Waals surface area contributed by atoms with E-state index >= 15 is 0 Å². The summed E-state index contributed by atoms with van der Waals surface area (Å²) in [6.07, 6.45) is 0. The van der Waals surface area contributed by atoms with Crippen LogP contribution in [0.25, 0.3) is 21.1 Å². The zero-order valence-electron chi connectivity index (χ0n) is 20.0. The van der Waals surface area contributed by atoms with E-state index in [2.05, 4.69) is 30.4 Å². The van der Waals surface area contributed by atoms with Crippen LogP contribution in [0.4, 0.5) is 11.4 Å². The number of benzene rings is 2. The van der Waals surface area contributed by atoms with Gasteiger partial charge in [0.25, 0.3) is 11.4 Å². The predicted octanol–water partition coefficient (Wildman–Crippen LogP) is 6.22. The molecule has 3 aromatic heterocycles. The Kier molecular flexibility index (Phi) is 8.16. The quantitative estimate of drug-likeness (QED) is 0.0588. The van der Waals surface area contributed by atoms with Crippen LogP contribution < -0.4 is 0 Å². The molecule has 0 spiro atoms. The lowest BCUT2D eigenvalue weighted by molar-refractivity contribution is -0.385. The smallest absolute Gasteiger partial charge is 0.258 e. The average molecular weight is 597 g/mol. The van der Waals surface area contributed by atoms with E-state index in [9.17, 15) is 20.2 Å². The SMILES string of the molecule is Cc1cc(SCc2nnc(-c3ccc([N+](=O)[O-])cc3)s2)nc(SCc2nnc(-c3ccc([N+](=O)[O-])cc3)s2)n1. The summed E-state index contributed by atoms with van der Waals surface area (Å²) in [5.41, 5.74) is 2.44. The van der Waals surface area contributed by atoms with Crippen molar-refractivity contribution in [3.8, 4) is 21.1 Å². The molecular weight excluding hydrogens is 581 g/mol. The van der Waals surface area contributed by atoms with Crippen LogP contribution in [-0.2, 0) is 11.5 Å². The Morgan fingerprint density at radius 2 is 1.21 bits per heavy atom. The van der Waals surface area contributed by atoms with Crippen molar-refractivity contribution >= 4 is 57.6 Å². The number of aromatic nitrogens is 6. The Balaban J connectivity index is 1.19. The van der Waals surface area contributed by atoms with Crippen molar-refractivity contribution in [2.75, 3.05) is 0 Å². The van der Waals surface area contributed by atoms with Crippen molar-refractivity contribution in [1.82, 2.24) is 30.4 Å². The lowest BCUT2D eigenvalue weighted by Crippen LogP contribution is -1.93. The van der Waals surface area contributed by atoms with Crippen LogP contribution in [0.3, 0.4) is 0 Å². The molecule has 0 aliphatic carbocycles. The molecule has 16 heteroatoms. The number of nitro benzene ring substituents is 2. The number of aryl methyl sites for hydroxylation is 1.